The number of rotatable bonds is 5. The lowest BCUT2D eigenvalue weighted by Gasteiger charge is -2.31. The monoisotopic (exact) mass is 452 g/mol. The van der Waals surface area contributed by atoms with E-state index in [1.807, 2.05) is 30.3 Å². The number of nitrogens with zero attached hydrogens (tertiary/aromatic N) is 3. The van der Waals surface area contributed by atoms with Crippen molar-refractivity contribution in [2.45, 2.75) is 42.8 Å². The lowest BCUT2D eigenvalue weighted by atomic mass is 9.83. The van der Waals surface area contributed by atoms with Crippen LogP contribution in [0.3, 0.4) is 0 Å². The van der Waals surface area contributed by atoms with Crippen molar-refractivity contribution < 1.29 is 4.79 Å². The lowest BCUT2D eigenvalue weighted by molar-refractivity contribution is -0.120. The van der Waals surface area contributed by atoms with Gasteiger partial charge >= 0.3 is 0 Å². The number of nitriles is 1. The average Bonchev–Trinajstić information content (AvgIpc) is 2.78. The number of para-hydroxylation sites is 1. The van der Waals surface area contributed by atoms with Gasteiger partial charge in [-0.05, 0) is 43.2 Å². The first-order valence-corrected chi connectivity index (χ1v) is 11.5. The van der Waals surface area contributed by atoms with Crippen molar-refractivity contribution in [3.8, 4) is 11.8 Å². The van der Waals surface area contributed by atoms with Crippen LogP contribution in [0, 0.1) is 11.3 Å². The number of benzene rings is 2. The van der Waals surface area contributed by atoms with Crippen LogP contribution in [0.1, 0.15) is 32.1 Å². The van der Waals surface area contributed by atoms with E-state index in [0.717, 1.165) is 19.3 Å². The number of halogens is 1. The number of thioether (sulfide) groups is 1. The molecule has 0 bridgehead atoms. The van der Waals surface area contributed by atoms with Gasteiger partial charge in [0.2, 0.25) is 5.91 Å². The molecule has 3 aromatic rings. The summed E-state index contributed by atoms with van der Waals surface area (Å²) in [5.74, 6) is -0.192. The zero-order valence-electron chi connectivity index (χ0n) is 16.8. The molecule has 0 radical (unpaired) electrons. The molecule has 1 saturated carbocycles. The van der Waals surface area contributed by atoms with Crippen LogP contribution in [0.4, 0.5) is 0 Å². The van der Waals surface area contributed by atoms with Crippen LogP contribution in [0.2, 0.25) is 5.02 Å². The fraction of sp³-hybridized carbons (Fsp3) is 0.304. The zero-order chi connectivity index (χ0) is 21.8. The number of fused-ring (bicyclic) bond motifs is 1. The van der Waals surface area contributed by atoms with Gasteiger partial charge in [-0.25, -0.2) is 4.98 Å². The fourth-order valence-electron chi connectivity index (χ4n) is 3.89. The maximum absolute atomic E-state index is 13.2. The minimum absolute atomic E-state index is 0.0504. The second-order valence-electron chi connectivity index (χ2n) is 7.62. The van der Waals surface area contributed by atoms with Gasteiger partial charge in [-0.2, -0.15) is 5.26 Å². The van der Waals surface area contributed by atoms with Crippen molar-refractivity contribution in [1.29, 1.82) is 5.26 Å². The van der Waals surface area contributed by atoms with E-state index >= 15 is 0 Å². The minimum Gasteiger partial charge on any atom is -0.337 e. The van der Waals surface area contributed by atoms with Crippen LogP contribution in [-0.4, -0.2) is 26.8 Å². The molecule has 2 aromatic carbocycles. The summed E-state index contributed by atoms with van der Waals surface area (Å²) in [7, 11) is 0. The van der Waals surface area contributed by atoms with Crippen molar-refractivity contribution >= 4 is 40.2 Å². The van der Waals surface area contributed by atoms with E-state index in [2.05, 4.69) is 16.4 Å². The van der Waals surface area contributed by atoms with E-state index in [9.17, 15) is 14.9 Å². The summed E-state index contributed by atoms with van der Waals surface area (Å²) in [6.45, 7) is 0. The van der Waals surface area contributed by atoms with Crippen LogP contribution in [-0.2, 0) is 4.79 Å². The maximum Gasteiger partial charge on any atom is 0.266 e. The molecule has 1 aliphatic carbocycles. The Morgan fingerprint density at radius 1 is 1.19 bits per heavy atom. The van der Waals surface area contributed by atoms with E-state index in [1.165, 1.54) is 16.3 Å². The number of hydrogen-bond donors (Lipinski definition) is 1. The quantitative estimate of drug-likeness (QED) is 0.455. The summed E-state index contributed by atoms with van der Waals surface area (Å²) in [6, 6.07) is 16.5. The van der Waals surface area contributed by atoms with Gasteiger partial charge in [0.15, 0.2) is 5.16 Å². The first-order valence-electron chi connectivity index (χ1n) is 10.1. The third-order valence-electron chi connectivity index (χ3n) is 5.45. The van der Waals surface area contributed by atoms with Crippen LogP contribution in [0.5, 0.6) is 0 Å². The molecule has 158 valence electrons. The Morgan fingerprint density at radius 2 is 1.94 bits per heavy atom. The molecule has 4 rings (SSSR count). The molecule has 0 aliphatic heterocycles. The molecule has 6 nitrogen and oxygen atoms in total. The number of nitrogens with one attached hydrogen (secondary N) is 1. The molecule has 8 heteroatoms. The molecule has 0 saturated heterocycles. The summed E-state index contributed by atoms with van der Waals surface area (Å²) >= 11 is 7.27. The van der Waals surface area contributed by atoms with E-state index in [1.54, 1.807) is 18.2 Å². The molecule has 1 amide bonds. The highest BCUT2D eigenvalue weighted by atomic mass is 35.5. The third-order valence-corrected chi connectivity index (χ3v) is 6.62. The van der Waals surface area contributed by atoms with Crippen LogP contribution >= 0.6 is 23.4 Å². The first kappa shape index (κ1) is 21.4. The molecule has 1 aliphatic rings. The summed E-state index contributed by atoms with van der Waals surface area (Å²) < 4.78 is 1.51. The van der Waals surface area contributed by atoms with Crippen molar-refractivity contribution in [3.63, 3.8) is 0 Å². The van der Waals surface area contributed by atoms with E-state index in [4.69, 9.17) is 11.6 Å². The van der Waals surface area contributed by atoms with Crippen LogP contribution in [0.15, 0.2) is 58.5 Å². The third kappa shape index (κ3) is 4.60. The zero-order valence-corrected chi connectivity index (χ0v) is 18.4. The summed E-state index contributed by atoms with van der Waals surface area (Å²) in [5, 5.41) is 13.9. The van der Waals surface area contributed by atoms with Crippen LogP contribution < -0.4 is 10.9 Å². The SMILES string of the molecule is N#CC1(NC(=O)CSc2nc3cc(Cl)ccc3c(=O)n2-c2ccccc2)CCCCC1. The maximum atomic E-state index is 13.2. The Kier molecular flexibility index (Phi) is 6.30. The molecule has 1 aromatic heterocycles. The Bertz CT molecular complexity index is 1210. The summed E-state index contributed by atoms with van der Waals surface area (Å²) in [4.78, 5) is 30.5. The molecular formula is C23H21ClN4O2S. The molecule has 1 fully saturated rings. The molecular weight excluding hydrogens is 432 g/mol. The Morgan fingerprint density at radius 3 is 2.65 bits per heavy atom. The Balaban J connectivity index is 1.65. The van der Waals surface area contributed by atoms with Gasteiger partial charge in [-0.15, -0.1) is 0 Å². The van der Waals surface area contributed by atoms with E-state index < -0.39 is 5.54 Å². The van der Waals surface area contributed by atoms with Gasteiger partial charge in [0, 0.05) is 5.02 Å². The smallest absolute Gasteiger partial charge is 0.266 e. The largest absolute Gasteiger partial charge is 0.337 e. The molecule has 0 spiro atoms. The van der Waals surface area contributed by atoms with Gasteiger partial charge < -0.3 is 5.32 Å². The van der Waals surface area contributed by atoms with Gasteiger partial charge in [0.05, 0.1) is 28.4 Å². The Labute approximate surface area is 189 Å². The van der Waals surface area contributed by atoms with Crippen molar-refractivity contribution in [2.75, 3.05) is 5.75 Å². The van der Waals surface area contributed by atoms with Gasteiger partial charge in [0.25, 0.3) is 5.56 Å². The lowest BCUT2D eigenvalue weighted by Crippen LogP contribution is -2.49. The second-order valence-corrected chi connectivity index (χ2v) is 9.00. The van der Waals surface area contributed by atoms with Crippen molar-refractivity contribution in [1.82, 2.24) is 14.9 Å². The van der Waals surface area contributed by atoms with Gasteiger partial charge in [-0.3, -0.25) is 14.2 Å². The van der Waals surface area contributed by atoms with Crippen molar-refractivity contribution in [2.24, 2.45) is 0 Å². The topological polar surface area (TPSA) is 87.8 Å². The van der Waals surface area contributed by atoms with Crippen molar-refractivity contribution in [3.05, 3.63) is 63.9 Å². The minimum atomic E-state index is -0.792. The first-order chi connectivity index (χ1) is 15.0. The second kappa shape index (κ2) is 9.13. The molecule has 1 N–H and O–H groups in total. The molecule has 0 atom stereocenters. The normalized spacial score (nSPS) is 15.4. The highest BCUT2D eigenvalue weighted by Crippen LogP contribution is 2.28. The summed E-state index contributed by atoms with van der Waals surface area (Å²) in [6.07, 6.45) is 4.28. The molecule has 0 unspecified atom stereocenters. The average molecular weight is 453 g/mol. The number of carbonyl (C=O) groups excluding carboxylic acids is 1. The highest BCUT2D eigenvalue weighted by molar-refractivity contribution is 7.99. The number of carbonyl (C=O) groups is 1. The molecule has 31 heavy (non-hydrogen) atoms. The highest BCUT2D eigenvalue weighted by Gasteiger charge is 2.33. The van der Waals surface area contributed by atoms with Gasteiger partial charge in [-0.1, -0.05) is 60.8 Å². The number of amides is 1. The van der Waals surface area contributed by atoms with E-state index in [0.29, 0.717) is 39.6 Å². The Hall–Kier alpha value is -2.82. The standard InChI is InChI=1S/C23H21ClN4O2S/c24-16-9-10-18-19(13-16)26-22(28(21(18)30)17-7-3-1-4-8-17)31-14-20(29)27-23(15-25)11-5-2-6-12-23/h1,3-4,7-10,13H,2,5-6,11-12,14H2,(H,27,29). The molecule has 1 heterocycles. The van der Waals surface area contributed by atoms with Crippen LogP contribution in [0.25, 0.3) is 16.6 Å². The number of aromatic nitrogens is 2. The fourth-order valence-corrected chi connectivity index (χ4v) is 4.87. The van der Waals surface area contributed by atoms with Gasteiger partial charge in [0.1, 0.15) is 5.54 Å². The predicted octanol–water partition coefficient (Wildman–Crippen LogP) is 4.47. The number of hydrogen-bond acceptors (Lipinski definition) is 5. The van der Waals surface area contributed by atoms with E-state index in [-0.39, 0.29) is 17.2 Å². The predicted molar refractivity (Wildman–Crippen MR) is 123 cm³/mol. The summed E-state index contributed by atoms with van der Waals surface area (Å²) in [5.41, 5.74) is 0.129.